The molecule has 132 valence electrons. The molecule has 5 nitrogen and oxygen atoms in total. The number of hydrogen-bond donors (Lipinski definition) is 2. The van der Waals surface area contributed by atoms with E-state index >= 15 is 0 Å². The highest BCUT2D eigenvalue weighted by atomic mass is 35.5. The van der Waals surface area contributed by atoms with Crippen molar-refractivity contribution in [2.75, 3.05) is 6.54 Å². The van der Waals surface area contributed by atoms with Crippen molar-refractivity contribution in [3.63, 3.8) is 0 Å². The molecule has 2 unspecified atom stereocenters. The Morgan fingerprint density at radius 1 is 1.35 bits per heavy atom. The fourth-order valence-corrected chi connectivity index (χ4v) is 5.44. The monoisotopic (exact) mass is 383 g/mol. The lowest BCUT2D eigenvalue weighted by atomic mass is 9.91. The van der Waals surface area contributed by atoms with Gasteiger partial charge in [0.2, 0.25) is 0 Å². The molecule has 7 heteroatoms. The zero-order chi connectivity index (χ0) is 17.7. The van der Waals surface area contributed by atoms with Gasteiger partial charge in [0.15, 0.2) is 5.82 Å². The summed E-state index contributed by atoms with van der Waals surface area (Å²) in [5.41, 5.74) is 9.82. The number of aromatic nitrogens is 3. The Balaban J connectivity index is 1.80. The maximum atomic E-state index is 6.59. The predicted molar refractivity (Wildman–Crippen MR) is 105 cm³/mol. The first-order valence-electron chi connectivity index (χ1n) is 8.71. The third kappa shape index (κ3) is 2.37. The number of halogens is 1. The van der Waals surface area contributed by atoms with Crippen molar-refractivity contribution in [1.29, 1.82) is 0 Å². The third-order valence-corrected chi connectivity index (χ3v) is 6.66. The van der Waals surface area contributed by atoms with Gasteiger partial charge in [0.25, 0.3) is 0 Å². The van der Waals surface area contributed by atoms with E-state index in [-0.39, 0.29) is 12.1 Å². The van der Waals surface area contributed by atoms with Crippen molar-refractivity contribution in [2.24, 2.45) is 5.73 Å². The van der Waals surface area contributed by atoms with Crippen molar-refractivity contribution >= 4 is 29.0 Å². The molecule has 3 aromatic rings. The van der Waals surface area contributed by atoms with E-state index in [1.807, 2.05) is 18.2 Å². The van der Waals surface area contributed by atoms with Gasteiger partial charge in [-0.3, -0.25) is 9.88 Å². The molecular formula is C19H18ClN5S. The highest BCUT2D eigenvalue weighted by molar-refractivity contribution is 7.15. The van der Waals surface area contributed by atoms with Crippen LogP contribution in [0.25, 0.3) is 11.1 Å². The van der Waals surface area contributed by atoms with Gasteiger partial charge in [0.05, 0.1) is 12.1 Å². The smallest absolute Gasteiger partial charge is 0.156 e. The number of rotatable bonds is 2. The number of thiophene rings is 1. The largest absolute Gasteiger partial charge is 0.328 e. The Morgan fingerprint density at radius 2 is 2.23 bits per heavy atom. The summed E-state index contributed by atoms with van der Waals surface area (Å²) in [4.78, 5) is 1.31. The molecule has 3 N–H and O–H groups in total. The van der Waals surface area contributed by atoms with E-state index in [9.17, 15) is 0 Å². The van der Waals surface area contributed by atoms with E-state index < -0.39 is 0 Å². The Hall–Kier alpha value is -1.99. The van der Waals surface area contributed by atoms with Crippen LogP contribution in [0.3, 0.4) is 0 Å². The van der Waals surface area contributed by atoms with Crippen LogP contribution in [0.5, 0.6) is 0 Å². The minimum Gasteiger partial charge on any atom is -0.328 e. The van der Waals surface area contributed by atoms with E-state index in [0.717, 1.165) is 34.3 Å². The summed E-state index contributed by atoms with van der Waals surface area (Å²) in [6.07, 6.45) is 8.35. The summed E-state index contributed by atoms with van der Waals surface area (Å²) in [6.45, 7) is 0.441. The van der Waals surface area contributed by atoms with Crippen LogP contribution in [-0.2, 0) is 6.42 Å². The lowest BCUT2D eigenvalue weighted by molar-refractivity contribution is 0.478. The van der Waals surface area contributed by atoms with Crippen LogP contribution < -0.4 is 11.1 Å². The van der Waals surface area contributed by atoms with Gasteiger partial charge in [-0.1, -0.05) is 35.9 Å². The van der Waals surface area contributed by atoms with Crippen molar-refractivity contribution in [3.8, 4) is 5.00 Å². The Morgan fingerprint density at radius 3 is 3.08 bits per heavy atom. The molecule has 0 spiro atoms. The van der Waals surface area contributed by atoms with E-state index in [0.29, 0.717) is 6.54 Å². The van der Waals surface area contributed by atoms with Crippen LogP contribution in [0.2, 0.25) is 5.02 Å². The Kier molecular flexibility index (Phi) is 3.94. The van der Waals surface area contributed by atoms with Gasteiger partial charge in [-0.25, -0.2) is 0 Å². The Labute approximate surface area is 160 Å². The molecule has 2 aromatic heterocycles. The average Bonchev–Trinajstić information content (AvgIpc) is 3.26. The Bertz CT molecular complexity index is 1010. The SMILES string of the molecule is NCC1NC(c2ccccc2Cl)c2c(sc3c2CCC=C3)-n2cnnc21. The molecule has 0 saturated heterocycles. The minimum absolute atomic E-state index is 0.0274. The molecule has 0 saturated carbocycles. The van der Waals surface area contributed by atoms with Gasteiger partial charge in [-0.05, 0) is 36.1 Å². The van der Waals surface area contributed by atoms with Crippen molar-refractivity contribution in [3.05, 3.63) is 69.1 Å². The first kappa shape index (κ1) is 16.2. The van der Waals surface area contributed by atoms with E-state index in [1.165, 1.54) is 16.0 Å². The summed E-state index contributed by atoms with van der Waals surface area (Å²) in [5.74, 6) is 0.853. The second-order valence-electron chi connectivity index (χ2n) is 6.57. The molecule has 1 aliphatic carbocycles. The lowest BCUT2D eigenvalue weighted by Crippen LogP contribution is -2.32. The number of hydrogen-bond acceptors (Lipinski definition) is 5. The number of allylic oxidation sites excluding steroid dienone is 1. The van der Waals surface area contributed by atoms with Crippen molar-refractivity contribution in [2.45, 2.75) is 24.9 Å². The van der Waals surface area contributed by atoms with Gasteiger partial charge in [-0.2, -0.15) is 0 Å². The molecule has 26 heavy (non-hydrogen) atoms. The number of nitrogens with zero attached hydrogens (tertiary/aromatic N) is 3. The van der Waals surface area contributed by atoms with Gasteiger partial charge >= 0.3 is 0 Å². The summed E-state index contributed by atoms with van der Waals surface area (Å²) < 4.78 is 2.09. The molecule has 5 rings (SSSR count). The van der Waals surface area contributed by atoms with Crippen LogP contribution in [0.1, 0.15) is 45.9 Å². The van der Waals surface area contributed by atoms with Crippen molar-refractivity contribution in [1.82, 2.24) is 20.1 Å². The standard InChI is InChI=1S/C19H18ClN5S/c20-13-7-3-1-5-11(13)17-16-12-6-2-4-8-15(12)26-19(16)25-10-22-24-18(25)14(9-21)23-17/h1,3-5,7-8,10,14,17,23H,2,6,9,21H2. The number of nitrogens with one attached hydrogen (secondary N) is 1. The quantitative estimate of drug-likeness (QED) is 0.709. The van der Waals surface area contributed by atoms with Gasteiger partial charge < -0.3 is 5.73 Å². The number of nitrogens with two attached hydrogens (primary N) is 1. The van der Waals surface area contributed by atoms with E-state index in [1.54, 1.807) is 17.7 Å². The summed E-state index contributed by atoms with van der Waals surface area (Å²) in [6, 6.07) is 7.91. The normalized spacial score (nSPS) is 21.0. The van der Waals surface area contributed by atoms with E-state index in [2.05, 4.69) is 38.3 Å². The predicted octanol–water partition coefficient (Wildman–Crippen LogP) is 3.63. The topological polar surface area (TPSA) is 68.8 Å². The molecule has 2 atom stereocenters. The second kappa shape index (κ2) is 6.32. The lowest BCUT2D eigenvalue weighted by Gasteiger charge is -2.24. The van der Waals surface area contributed by atoms with Crippen LogP contribution in [0.15, 0.2) is 36.7 Å². The third-order valence-electron chi connectivity index (χ3n) is 5.10. The minimum atomic E-state index is -0.0897. The highest BCUT2D eigenvalue weighted by Crippen LogP contribution is 2.45. The van der Waals surface area contributed by atoms with Gasteiger partial charge in [0, 0.05) is 22.0 Å². The van der Waals surface area contributed by atoms with E-state index in [4.69, 9.17) is 17.3 Å². The zero-order valence-electron chi connectivity index (χ0n) is 14.0. The number of benzene rings is 1. The highest BCUT2D eigenvalue weighted by Gasteiger charge is 2.35. The molecule has 2 aliphatic rings. The molecule has 3 heterocycles. The number of fused-ring (bicyclic) bond motifs is 5. The fraction of sp³-hybridized carbons (Fsp3) is 0.263. The van der Waals surface area contributed by atoms with Crippen molar-refractivity contribution < 1.29 is 0 Å². The first-order valence-corrected chi connectivity index (χ1v) is 9.90. The molecule has 0 bridgehead atoms. The molecule has 0 radical (unpaired) electrons. The average molecular weight is 384 g/mol. The molecule has 0 fully saturated rings. The molecular weight excluding hydrogens is 366 g/mol. The maximum absolute atomic E-state index is 6.59. The zero-order valence-corrected chi connectivity index (χ0v) is 15.6. The second-order valence-corrected chi connectivity index (χ2v) is 8.01. The molecule has 0 amide bonds. The molecule has 1 aliphatic heterocycles. The van der Waals surface area contributed by atoms with Gasteiger partial charge in [0.1, 0.15) is 11.3 Å². The van der Waals surface area contributed by atoms with Gasteiger partial charge in [-0.15, -0.1) is 21.5 Å². The van der Waals surface area contributed by atoms with Crippen LogP contribution in [-0.4, -0.2) is 21.3 Å². The van der Waals surface area contributed by atoms with Crippen LogP contribution in [0.4, 0.5) is 0 Å². The molecule has 1 aromatic carbocycles. The summed E-state index contributed by atoms with van der Waals surface area (Å²) in [7, 11) is 0. The fourth-order valence-electron chi connectivity index (χ4n) is 3.89. The summed E-state index contributed by atoms with van der Waals surface area (Å²) in [5, 5.41) is 14.1. The summed E-state index contributed by atoms with van der Waals surface area (Å²) >= 11 is 8.37. The van der Waals surface area contributed by atoms with Crippen LogP contribution >= 0.6 is 22.9 Å². The maximum Gasteiger partial charge on any atom is 0.156 e. The van der Waals surface area contributed by atoms with Crippen LogP contribution in [0, 0.1) is 0 Å². The first-order chi connectivity index (χ1) is 12.8.